The van der Waals surface area contributed by atoms with Crippen LogP contribution < -0.4 is 0 Å². The van der Waals surface area contributed by atoms with Crippen LogP contribution in [0.15, 0.2) is 48.8 Å². The maximum atomic E-state index is 11.2. The predicted molar refractivity (Wildman–Crippen MR) is 80.5 cm³/mol. The van der Waals surface area contributed by atoms with E-state index in [2.05, 4.69) is 4.98 Å². The topological polar surface area (TPSA) is 56.6 Å². The quantitative estimate of drug-likeness (QED) is 0.909. The summed E-state index contributed by atoms with van der Waals surface area (Å²) in [5.74, 6) is 0.275. The van der Waals surface area contributed by atoms with Gasteiger partial charge in [-0.3, -0.25) is 9.88 Å². The van der Waals surface area contributed by atoms with Crippen LogP contribution in [0.4, 0.5) is 0 Å². The number of likely N-dealkylation sites (tertiary alicyclic amines) is 1. The van der Waals surface area contributed by atoms with Crippen molar-refractivity contribution in [2.45, 2.75) is 31.5 Å². The van der Waals surface area contributed by atoms with Crippen molar-refractivity contribution in [3.05, 3.63) is 59.9 Å². The molecule has 110 valence electrons. The van der Waals surface area contributed by atoms with E-state index in [1.807, 2.05) is 35.2 Å². The predicted octanol–water partition coefficient (Wildman–Crippen LogP) is 2.62. The summed E-state index contributed by atoms with van der Waals surface area (Å²) in [7, 11) is 0. The number of pyridine rings is 1. The first-order valence-electron chi connectivity index (χ1n) is 7.35. The van der Waals surface area contributed by atoms with Crippen molar-refractivity contribution in [3.8, 4) is 5.75 Å². The molecule has 0 saturated carbocycles. The molecule has 0 aliphatic carbocycles. The minimum atomic E-state index is -1.01. The first-order valence-corrected chi connectivity index (χ1v) is 7.35. The van der Waals surface area contributed by atoms with Gasteiger partial charge in [0.05, 0.1) is 0 Å². The van der Waals surface area contributed by atoms with Crippen LogP contribution in [-0.4, -0.2) is 26.6 Å². The zero-order chi connectivity index (χ0) is 14.7. The lowest BCUT2D eigenvalue weighted by molar-refractivity contribution is -0.145. The third-order valence-electron chi connectivity index (χ3n) is 4.20. The van der Waals surface area contributed by atoms with E-state index >= 15 is 0 Å². The van der Waals surface area contributed by atoms with Crippen molar-refractivity contribution in [2.24, 2.45) is 0 Å². The standard InChI is InChI=1S/C17H20N2O2/c20-16-8-2-1-6-14(16)13-19-11-4-3-9-17(19,21)15-7-5-10-18-12-15/h1-2,5-8,10,12,20-21H,3-4,9,11,13H2/t17-/m0/s1. The molecule has 3 rings (SSSR count). The van der Waals surface area contributed by atoms with Crippen LogP contribution in [0.1, 0.15) is 30.4 Å². The minimum Gasteiger partial charge on any atom is -0.508 e. The molecule has 2 aromatic rings. The lowest BCUT2D eigenvalue weighted by Gasteiger charge is -2.43. The highest BCUT2D eigenvalue weighted by Gasteiger charge is 2.38. The smallest absolute Gasteiger partial charge is 0.146 e. The van der Waals surface area contributed by atoms with Gasteiger partial charge in [-0.2, -0.15) is 0 Å². The minimum absolute atomic E-state index is 0.275. The molecule has 1 fully saturated rings. The lowest BCUT2D eigenvalue weighted by atomic mass is 9.91. The summed E-state index contributed by atoms with van der Waals surface area (Å²) in [4.78, 5) is 6.16. The zero-order valence-electron chi connectivity index (χ0n) is 11.9. The number of phenols is 1. The Labute approximate surface area is 124 Å². The number of aromatic hydroxyl groups is 1. The molecule has 1 saturated heterocycles. The molecule has 0 bridgehead atoms. The lowest BCUT2D eigenvalue weighted by Crippen LogP contribution is -2.48. The molecule has 4 heteroatoms. The van der Waals surface area contributed by atoms with Crippen molar-refractivity contribution in [1.82, 2.24) is 9.88 Å². The van der Waals surface area contributed by atoms with Gasteiger partial charge < -0.3 is 10.2 Å². The number of para-hydroxylation sites is 1. The van der Waals surface area contributed by atoms with Crippen LogP contribution >= 0.6 is 0 Å². The second-order valence-electron chi connectivity index (χ2n) is 5.57. The van der Waals surface area contributed by atoms with Crippen molar-refractivity contribution < 1.29 is 10.2 Å². The van der Waals surface area contributed by atoms with Gasteiger partial charge in [0.25, 0.3) is 0 Å². The number of aromatic nitrogens is 1. The third-order valence-corrected chi connectivity index (χ3v) is 4.20. The maximum Gasteiger partial charge on any atom is 0.146 e. The Morgan fingerprint density at radius 3 is 2.76 bits per heavy atom. The maximum absolute atomic E-state index is 11.2. The van der Waals surface area contributed by atoms with E-state index in [-0.39, 0.29) is 5.75 Å². The summed E-state index contributed by atoms with van der Waals surface area (Å²) < 4.78 is 0. The van der Waals surface area contributed by atoms with Crippen LogP contribution in [0.5, 0.6) is 5.75 Å². The van der Waals surface area contributed by atoms with Crippen LogP contribution in [0, 0.1) is 0 Å². The first kappa shape index (κ1) is 14.0. The fraction of sp³-hybridized carbons (Fsp3) is 0.353. The van der Waals surface area contributed by atoms with Crippen LogP contribution in [0.2, 0.25) is 0 Å². The Morgan fingerprint density at radius 2 is 2.00 bits per heavy atom. The number of phenolic OH excluding ortho intramolecular Hbond substituents is 1. The van der Waals surface area contributed by atoms with Gasteiger partial charge in [0.15, 0.2) is 0 Å². The fourth-order valence-electron chi connectivity index (χ4n) is 3.00. The molecular weight excluding hydrogens is 264 g/mol. The summed E-state index contributed by atoms with van der Waals surface area (Å²) in [6.45, 7) is 1.33. The molecule has 1 aromatic carbocycles. The van der Waals surface area contributed by atoms with Gasteiger partial charge in [-0.15, -0.1) is 0 Å². The highest BCUT2D eigenvalue weighted by Crippen LogP contribution is 2.36. The first-order chi connectivity index (χ1) is 10.2. The third kappa shape index (κ3) is 2.77. The van der Waals surface area contributed by atoms with Crippen molar-refractivity contribution in [1.29, 1.82) is 0 Å². The molecule has 21 heavy (non-hydrogen) atoms. The van der Waals surface area contributed by atoms with Gasteiger partial charge in [-0.1, -0.05) is 24.3 Å². The van der Waals surface area contributed by atoms with Crippen molar-refractivity contribution in [3.63, 3.8) is 0 Å². The Kier molecular flexibility index (Phi) is 3.90. The van der Waals surface area contributed by atoms with Crippen LogP contribution in [-0.2, 0) is 12.3 Å². The molecule has 1 aliphatic rings. The van der Waals surface area contributed by atoms with Crippen LogP contribution in [0.25, 0.3) is 0 Å². The number of nitrogens with zero attached hydrogens (tertiary/aromatic N) is 2. The average molecular weight is 284 g/mol. The SMILES string of the molecule is Oc1ccccc1CN1CCCC[C@]1(O)c1cccnc1. The molecule has 0 spiro atoms. The Bertz CT molecular complexity index is 603. The fourth-order valence-corrected chi connectivity index (χ4v) is 3.00. The van der Waals surface area contributed by atoms with E-state index < -0.39 is 5.72 Å². The van der Waals surface area contributed by atoms with E-state index in [1.54, 1.807) is 18.5 Å². The number of rotatable bonds is 3. The summed E-state index contributed by atoms with van der Waals surface area (Å²) in [5, 5.41) is 21.1. The van der Waals surface area contributed by atoms with Gasteiger partial charge in [0.1, 0.15) is 11.5 Å². The molecule has 0 amide bonds. The molecule has 2 N–H and O–H groups in total. The molecule has 1 atom stereocenters. The van der Waals surface area contributed by atoms with E-state index in [1.165, 1.54) is 0 Å². The van der Waals surface area contributed by atoms with Gasteiger partial charge in [-0.05, 0) is 31.4 Å². The zero-order valence-corrected chi connectivity index (χ0v) is 11.9. The largest absolute Gasteiger partial charge is 0.508 e. The van der Waals surface area contributed by atoms with E-state index in [0.29, 0.717) is 13.0 Å². The second kappa shape index (κ2) is 5.84. The van der Waals surface area contributed by atoms with Gasteiger partial charge in [-0.25, -0.2) is 0 Å². The molecule has 0 radical (unpaired) electrons. The van der Waals surface area contributed by atoms with E-state index in [0.717, 1.165) is 30.5 Å². The molecular formula is C17H20N2O2. The van der Waals surface area contributed by atoms with Gasteiger partial charge >= 0.3 is 0 Å². The molecule has 4 nitrogen and oxygen atoms in total. The highest BCUT2D eigenvalue weighted by molar-refractivity contribution is 5.32. The molecule has 1 aliphatic heterocycles. The number of aliphatic hydroxyl groups is 1. The summed E-state index contributed by atoms with van der Waals surface area (Å²) in [6.07, 6.45) is 6.16. The van der Waals surface area contributed by atoms with E-state index in [9.17, 15) is 10.2 Å². The van der Waals surface area contributed by atoms with Gasteiger partial charge in [0, 0.05) is 36.6 Å². The molecule has 1 aromatic heterocycles. The Hall–Kier alpha value is -1.91. The molecule has 0 unspecified atom stereocenters. The summed E-state index contributed by atoms with van der Waals surface area (Å²) in [6, 6.07) is 11.1. The van der Waals surface area contributed by atoms with E-state index in [4.69, 9.17) is 0 Å². The Balaban J connectivity index is 1.90. The number of hydrogen-bond acceptors (Lipinski definition) is 4. The molecule has 2 heterocycles. The van der Waals surface area contributed by atoms with Crippen LogP contribution in [0.3, 0.4) is 0 Å². The average Bonchev–Trinajstić information content (AvgIpc) is 2.53. The summed E-state index contributed by atoms with van der Waals surface area (Å²) >= 11 is 0. The normalized spacial score (nSPS) is 23.1. The number of benzene rings is 1. The highest BCUT2D eigenvalue weighted by atomic mass is 16.3. The monoisotopic (exact) mass is 284 g/mol. The Morgan fingerprint density at radius 1 is 1.14 bits per heavy atom. The summed E-state index contributed by atoms with van der Waals surface area (Å²) in [5.41, 5.74) is 0.649. The van der Waals surface area contributed by atoms with Gasteiger partial charge in [0.2, 0.25) is 0 Å². The number of piperidine rings is 1. The number of hydrogen-bond donors (Lipinski definition) is 2. The second-order valence-corrected chi connectivity index (χ2v) is 5.57. The van der Waals surface area contributed by atoms with Crippen molar-refractivity contribution in [2.75, 3.05) is 6.54 Å². The van der Waals surface area contributed by atoms with Crippen molar-refractivity contribution >= 4 is 0 Å².